The summed E-state index contributed by atoms with van der Waals surface area (Å²) in [5, 5.41) is 6.88. The van der Waals surface area contributed by atoms with Crippen LogP contribution in [0.3, 0.4) is 0 Å². The number of nitrogens with one attached hydrogen (secondary N) is 2. The van der Waals surface area contributed by atoms with Gasteiger partial charge >= 0.3 is 12.4 Å². The highest BCUT2D eigenvalue weighted by Crippen LogP contribution is 2.38. The Hall–Kier alpha value is -5.56. The molecule has 292 valence electrons. The lowest BCUT2D eigenvalue weighted by Gasteiger charge is -2.26. The second kappa shape index (κ2) is 14.3. The van der Waals surface area contributed by atoms with E-state index in [2.05, 4.69) is 30.1 Å². The van der Waals surface area contributed by atoms with Crippen molar-refractivity contribution in [2.75, 3.05) is 0 Å². The van der Waals surface area contributed by atoms with E-state index in [1.807, 2.05) is 0 Å². The largest absolute Gasteiger partial charge is 0.416 e. The molecule has 0 saturated heterocycles. The van der Waals surface area contributed by atoms with E-state index >= 15 is 0 Å². The maximum absolute atomic E-state index is 14.3. The molecule has 10 nitrogen and oxygen atoms in total. The van der Waals surface area contributed by atoms with Gasteiger partial charge in [-0.15, -0.1) is 0 Å². The van der Waals surface area contributed by atoms with Gasteiger partial charge in [0.1, 0.15) is 33.8 Å². The smallest absolute Gasteiger partial charge is 0.310 e. The molecule has 6 aromatic rings. The van der Waals surface area contributed by atoms with Crippen LogP contribution in [0.4, 0.5) is 43.9 Å². The quantitative estimate of drug-likeness (QED) is 0.134. The van der Waals surface area contributed by atoms with E-state index in [4.69, 9.17) is 0 Å². The van der Waals surface area contributed by atoms with Crippen LogP contribution in [-0.4, -0.2) is 39.5 Å². The van der Waals surface area contributed by atoms with Gasteiger partial charge in [-0.3, -0.25) is 9.59 Å². The number of nitrogens with zero attached hydrogens (tertiary/aromatic N) is 6. The van der Waals surface area contributed by atoms with Crippen molar-refractivity contribution < 1.29 is 43.9 Å². The number of rotatable bonds is 10. The van der Waals surface area contributed by atoms with Crippen molar-refractivity contribution in [1.29, 1.82) is 0 Å². The van der Waals surface area contributed by atoms with Crippen molar-refractivity contribution in [2.24, 2.45) is 11.8 Å². The molecular formula is C35H30F10N8O2. The van der Waals surface area contributed by atoms with Gasteiger partial charge in [-0.25, -0.2) is 36.9 Å². The van der Waals surface area contributed by atoms with Gasteiger partial charge in [-0.2, -0.15) is 36.5 Å². The molecular weight excluding hydrogens is 754 g/mol. The van der Waals surface area contributed by atoms with E-state index < -0.39 is 93.5 Å². The first-order chi connectivity index (χ1) is 25.7. The fourth-order valence-electron chi connectivity index (χ4n) is 6.76. The topological polar surface area (TPSA) is 127 Å². The average molecular weight is 785 g/mol. The number of aryl methyl sites for hydroxylation is 1. The Morgan fingerprint density at radius 3 is 1.49 bits per heavy atom. The second-order valence-electron chi connectivity index (χ2n) is 13.4. The molecule has 3 unspecified atom stereocenters. The van der Waals surface area contributed by atoms with Crippen molar-refractivity contribution in [3.63, 3.8) is 0 Å². The standard InChI is InChI=1S/C35H30F10N8O2/c1-14(2)26(17-5-9-19(10-6-17)34(40,41)42)52-31-23(25(50-52)29(38)39)33(55)49-21(48-31)13-15(3)27(18-7-11-20(12-8-18)35(43,44)45)53-30-22(24(51-53)28(36)37)32(54)47-16(4)46-30/h5-12,14-15,26-29H,13H2,1-4H3,(H,46,47,54)(H,48,49,55). The van der Waals surface area contributed by atoms with Crippen LogP contribution in [0.5, 0.6) is 0 Å². The number of halogens is 10. The molecule has 6 rings (SSSR count). The lowest BCUT2D eigenvalue weighted by Crippen LogP contribution is -2.25. The van der Waals surface area contributed by atoms with Gasteiger partial charge in [0, 0.05) is 6.42 Å². The zero-order chi connectivity index (χ0) is 40.3. The van der Waals surface area contributed by atoms with Crippen LogP contribution >= 0.6 is 0 Å². The first kappa shape index (κ1) is 39.1. The highest BCUT2D eigenvalue weighted by atomic mass is 19.4. The minimum Gasteiger partial charge on any atom is -0.310 e. The minimum atomic E-state index is -4.72. The van der Waals surface area contributed by atoms with Crippen LogP contribution in [0, 0.1) is 18.8 Å². The van der Waals surface area contributed by atoms with Crippen LogP contribution < -0.4 is 11.1 Å². The molecule has 0 saturated carbocycles. The van der Waals surface area contributed by atoms with E-state index in [0.29, 0.717) is 0 Å². The number of aromatic nitrogens is 8. The van der Waals surface area contributed by atoms with Gasteiger partial charge in [0.15, 0.2) is 11.3 Å². The molecule has 0 fully saturated rings. The predicted molar refractivity (Wildman–Crippen MR) is 178 cm³/mol. The molecule has 4 heterocycles. The molecule has 4 aromatic heterocycles. The summed E-state index contributed by atoms with van der Waals surface area (Å²) in [5.74, 6) is -1.53. The Labute approximate surface area is 303 Å². The molecule has 2 aromatic carbocycles. The zero-order valence-corrected chi connectivity index (χ0v) is 29.1. The fraction of sp³-hybridized carbons (Fsp3) is 0.371. The molecule has 0 spiro atoms. The van der Waals surface area contributed by atoms with Crippen LogP contribution in [0.15, 0.2) is 58.1 Å². The molecule has 0 amide bonds. The lowest BCUT2D eigenvalue weighted by molar-refractivity contribution is -0.138. The molecule has 2 N–H and O–H groups in total. The van der Waals surface area contributed by atoms with Gasteiger partial charge in [0.05, 0.1) is 23.2 Å². The van der Waals surface area contributed by atoms with Crippen molar-refractivity contribution in [3.8, 4) is 0 Å². The summed E-state index contributed by atoms with van der Waals surface area (Å²) < 4.78 is 140. The van der Waals surface area contributed by atoms with Crippen molar-refractivity contribution in [2.45, 2.75) is 71.4 Å². The summed E-state index contributed by atoms with van der Waals surface area (Å²) in [7, 11) is 0. The Morgan fingerprint density at radius 1 is 0.636 bits per heavy atom. The van der Waals surface area contributed by atoms with E-state index in [9.17, 15) is 53.5 Å². The zero-order valence-electron chi connectivity index (χ0n) is 29.1. The molecule has 0 radical (unpaired) electrons. The second-order valence-corrected chi connectivity index (χ2v) is 13.4. The normalized spacial score (nSPS) is 14.5. The molecule has 0 aliphatic carbocycles. The summed E-state index contributed by atoms with van der Waals surface area (Å²) in [5.41, 5.74) is -6.10. The van der Waals surface area contributed by atoms with E-state index in [0.717, 1.165) is 57.9 Å². The molecule has 0 aliphatic rings. The van der Waals surface area contributed by atoms with E-state index in [1.54, 1.807) is 13.8 Å². The predicted octanol–water partition coefficient (Wildman–Crippen LogP) is 8.49. The highest BCUT2D eigenvalue weighted by molar-refractivity contribution is 5.79. The summed E-state index contributed by atoms with van der Waals surface area (Å²) in [6.45, 7) is 6.23. The maximum atomic E-state index is 14.3. The van der Waals surface area contributed by atoms with Crippen LogP contribution in [0.25, 0.3) is 22.1 Å². The first-order valence-electron chi connectivity index (χ1n) is 16.6. The number of hydrogen-bond donors (Lipinski definition) is 2. The van der Waals surface area contributed by atoms with Gasteiger partial charge in [-0.05, 0) is 54.2 Å². The van der Waals surface area contributed by atoms with Gasteiger partial charge in [0.2, 0.25) is 0 Å². The molecule has 55 heavy (non-hydrogen) atoms. The number of H-pyrrole nitrogens is 2. The van der Waals surface area contributed by atoms with Crippen molar-refractivity contribution in [3.05, 3.63) is 115 Å². The SMILES string of the molecule is Cc1nc2c(c(C(F)F)nn2C(c2ccc(C(F)(F)F)cc2)C(C)Cc2nc3c(c(C(F)F)nn3C(c3ccc(C(F)(F)F)cc3)C(C)C)c(=O)[nH]2)c(=O)[nH]1. The molecule has 0 aliphatic heterocycles. The number of hydrogen-bond acceptors (Lipinski definition) is 6. The van der Waals surface area contributed by atoms with Gasteiger partial charge in [-0.1, -0.05) is 45.0 Å². The third-order valence-corrected chi connectivity index (χ3v) is 9.13. The van der Waals surface area contributed by atoms with Crippen LogP contribution in [0.2, 0.25) is 0 Å². The van der Waals surface area contributed by atoms with Crippen LogP contribution in [-0.2, 0) is 18.8 Å². The highest BCUT2D eigenvalue weighted by Gasteiger charge is 2.35. The van der Waals surface area contributed by atoms with Crippen molar-refractivity contribution in [1.82, 2.24) is 39.5 Å². The summed E-state index contributed by atoms with van der Waals surface area (Å²) in [6, 6.07) is 5.47. The summed E-state index contributed by atoms with van der Waals surface area (Å²) >= 11 is 0. The number of fused-ring (bicyclic) bond motifs is 2. The van der Waals surface area contributed by atoms with Gasteiger partial charge < -0.3 is 9.97 Å². The van der Waals surface area contributed by atoms with E-state index in [-0.39, 0.29) is 40.5 Å². The summed E-state index contributed by atoms with van der Waals surface area (Å²) in [6.07, 6.45) is -16.2. The average Bonchev–Trinajstić information content (AvgIpc) is 3.65. The fourth-order valence-corrected chi connectivity index (χ4v) is 6.76. The number of alkyl halides is 10. The van der Waals surface area contributed by atoms with E-state index in [1.165, 1.54) is 13.8 Å². The third-order valence-electron chi connectivity index (χ3n) is 9.13. The van der Waals surface area contributed by atoms with Crippen molar-refractivity contribution >= 4 is 22.1 Å². The Morgan fingerprint density at radius 2 is 1.05 bits per heavy atom. The Balaban J connectivity index is 1.51. The Kier molecular flexibility index (Phi) is 10.1. The monoisotopic (exact) mass is 784 g/mol. The molecule has 3 atom stereocenters. The molecule has 20 heteroatoms. The third kappa shape index (κ3) is 7.45. The molecule has 0 bridgehead atoms. The maximum Gasteiger partial charge on any atom is 0.416 e. The number of benzene rings is 2. The number of aromatic amines is 2. The van der Waals surface area contributed by atoms with Crippen LogP contribution in [0.1, 0.15) is 91.0 Å². The summed E-state index contributed by atoms with van der Waals surface area (Å²) in [4.78, 5) is 39.8. The lowest BCUT2D eigenvalue weighted by atomic mass is 9.91. The minimum absolute atomic E-state index is 0.0191. The van der Waals surface area contributed by atoms with Gasteiger partial charge in [0.25, 0.3) is 24.0 Å². The first-order valence-corrected chi connectivity index (χ1v) is 16.6. The Bertz CT molecular complexity index is 2460.